The van der Waals surface area contributed by atoms with E-state index in [1.165, 1.54) is 0 Å². The van der Waals surface area contributed by atoms with Crippen molar-refractivity contribution in [2.45, 2.75) is 45.8 Å². The number of hydrogen-bond acceptors (Lipinski definition) is 4. The van der Waals surface area contributed by atoms with Gasteiger partial charge in [-0.15, -0.1) is 24.8 Å². The van der Waals surface area contributed by atoms with Gasteiger partial charge in [-0.2, -0.15) is 0 Å². The molecule has 0 aliphatic heterocycles. The first-order valence-corrected chi connectivity index (χ1v) is 7.21. The number of ether oxygens (including phenoxy) is 1. The molecule has 7 heteroatoms. The van der Waals surface area contributed by atoms with Gasteiger partial charge in [0.15, 0.2) is 0 Å². The van der Waals surface area contributed by atoms with E-state index in [0.29, 0.717) is 13.2 Å². The third-order valence-electron chi connectivity index (χ3n) is 3.36. The van der Waals surface area contributed by atoms with E-state index < -0.39 is 6.04 Å². The van der Waals surface area contributed by atoms with Crippen LogP contribution >= 0.6 is 24.8 Å². The lowest BCUT2D eigenvalue weighted by atomic mass is 9.99. The van der Waals surface area contributed by atoms with Crippen LogP contribution < -0.4 is 11.1 Å². The Morgan fingerprint density at radius 1 is 1.29 bits per heavy atom. The minimum absolute atomic E-state index is 0. The topological polar surface area (TPSA) is 67.6 Å². The second-order valence-electron chi connectivity index (χ2n) is 5.33. The highest BCUT2D eigenvalue weighted by Gasteiger charge is 2.20. The average molecular weight is 346 g/mol. The number of halogens is 2. The van der Waals surface area contributed by atoms with Crippen molar-refractivity contribution in [3.63, 3.8) is 0 Å². The van der Waals surface area contributed by atoms with Crippen LogP contribution in [0.1, 0.15) is 33.6 Å². The molecule has 0 aromatic carbocycles. The fourth-order valence-corrected chi connectivity index (χ4v) is 1.73. The summed E-state index contributed by atoms with van der Waals surface area (Å²) in [5.41, 5.74) is 5.89. The van der Waals surface area contributed by atoms with Crippen LogP contribution in [0.5, 0.6) is 0 Å². The summed E-state index contributed by atoms with van der Waals surface area (Å²) >= 11 is 0. The van der Waals surface area contributed by atoms with Crippen molar-refractivity contribution in [2.24, 2.45) is 11.7 Å². The van der Waals surface area contributed by atoms with Gasteiger partial charge in [0.05, 0.1) is 12.1 Å². The molecule has 3 N–H and O–H groups in total. The first-order chi connectivity index (χ1) is 8.92. The zero-order valence-electron chi connectivity index (χ0n) is 13.9. The number of carbonyl (C=O) groups is 1. The highest BCUT2D eigenvalue weighted by Crippen LogP contribution is 2.05. The fraction of sp³-hybridized carbons (Fsp3) is 0.929. The summed E-state index contributed by atoms with van der Waals surface area (Å²) in [5.74, 6) is 0.122. The van der Waals surface area contributed by atoms with E-state index >= 15 is 0 Å². The van der Waals surface area contributed by atoms with Crippen molar-refractivity contribution in [3.8, 4) is 0 Å². The maximum atomic E-state index is 11.9. The van der Waals surface area contributed by atoms with E-state index in [1.807, 2.05) is 34.9 Å². The van der Waals surface area contributed by atoms with E-state index in [1.54, 1.807) is 0 Å². The molecule has 3 unspecified atom stereocenters. The van der Waals surface area contributed by atoms with Crippen LogP contribution in [0.4, 0.5) is 0 Å². The monoisotopic (exact) mass is 345 g/mol. The average Bonchev–Trinajstić information content (AvgIpc) is 2.39. The Hall–Kier alpha value is -0.0700. The number of nitrogens with one attached hydrogen (secondary N) is 1. The maximum Gasteiger partial charge on any atom is 0.237 e. The molecule has 21 heavy (non-hydrogen) atoms. The summed E-state index contributed by atoms with van der Waals surface area (Å²) in [6.07, 6.45) is 1.87. The standard InChI is InChI=1S/C14H31N3O2.2ClH/c1-6-11(3)13(15)14(18)16-10-12(19-7-2)8-9-17(4)5;;/h11-13H,6-10,15H2,1-5H3,(H,16,18);2*1H. The van der Waals surface area contributed by atoms with Gasteiger partial charge in [0.25, 0.3) is 0 Å². The lowest BCUT2D eigenvalue weighted by Gasteiger charge is -2.22. The number of hydrogen-bond donors (Lipinski definition) is 2. The molecule has 0 aliphatic carbocycles. The second-order valence-corrected chi connectivity index (χ2v) is 5.33. The van der Waals surface area contributed by atoms with Gasteiger partial charge in [0.1, 0.15) is 0 Å². The number of nitrogens with two attached hydrogens (primary N) is 1. The van der Waals surface area contributed by atoms with Gasteiger partial charge in [0, 0.05) is 19.7 Å². The largest absolute Gasteiger partial charge is 0.377 e. The molecule has 3 atom stereocenters. The Bertz CT molecular complexity index is 256. The van der Waals surface area contributed by atoms with Gasteiger partial charge < -0.3 is 20.7 Å². The van der Waals surface area contributed by atoms with Crippen molar-refractivity contribution in [1.29, 1.82) is 0 Å². The molecule has 0 radical (unpaired) electrons. The molecule has 0 saturated carbocycles. The molecular formula is C14H33Cl2N3O2. The zero-order chi connectivity index (χ0) is 14.8. The van der Waals surface area contributed by atoms with Crippen molar-refractivity contribution in [3.05, 3.63) is 0 Å². The smallest absolute Gasteiger partial charge is 0.237 e. The lowest BCUT2D eigenvalue weighted by molar-refractivity contribution is -0.124. The summed E-state index contributed by atoms with van der Waals surface area (Å²) in [6, 6.07) is -0.430. The zero-order valence-corrected chi connectivity index (χ0v) is 15.6. The maximum absolute atomic E-state index is 11.9. The minimum Gasteiger partial charge on any atom is -0.377 e. The van der Waals surface area contributed by atoms with E-state index in [-0.39, 0.29) is 42.7 Å². The summed E-state index contributed by atoms with van der Waals surface area (Å²) < 4.78 is 5.63. The Balaban J connectivity index is -0.00000162. The van der Waals surface area contributed by atoms with Crippen LogP contribution in [0, 0.1) is 5.92 Å². The molecule has 0 heterocycles. The van der Waals surface area contributed by atoms with Gasteiger partial charge in [-0.05, 0) is 33.4 Å². The van der Waals surface area contributed by atoms with Crippen LogP contribution in [0.2, 0.25) is 0 Å². The third kappa shape index (κ3) is 12.2. The summed E-state index contributed by atoms with van der Waals surface area (Å²) in [6.45, 7) is 8.14. The lowest BCUT2D eigenvalue weighted by Crippen LogP contribution is -2.47. The molecule has 0 aliphatic rings. The van der Waals surface area contributed by atoms with Gasteiger partial charge in [-0.25, -0.2) is 0 Å². The van der Waals surface area contributed by atoms with Crippen molar-refractivity contribution >= 4 is 30.7 Å². The minimum atomic E-state index is -0.430. The van der Waals surface area contributed by atoms with Gasteiger partial charge >= 0.3 is 0 Å². The Labute approximate surface area is 142 Å². The number of rotatable bonds is 10. The van der Waals surface area contributed by atoms with Crippen LogP contribution in [-0.2, 0) is 9.53 Å². The predicted octanol–water partition coefficient (Wildman–Crippen LogP) is 1.68. The molecule has 5 nitrogen and oxygen atoms in total. The number of amides is 1. The third-order valence-corrected chi connectivity index (χ3v) is 3.36. The summed E-state index contributed by atoms with van der Waals surface area (Å²) in [5, 5.41) is 2.90. The van der Waals surface area contributed by atoms with Crippen molar-refractivity contribution in [2.75, 3.05) is 33.8 Å². The molecule has 130 valence electrons. The van der Waals surface area contributed by atoms with E-state index in [2.05, 4.69) is 10.2 Å². The molecule has 0 fully saturated rings. The first-order valence-electron chi connectivity index (χ1n) is 7.21. The second kappa shape index (κ2) is 14.9. The number of carbonyl (C=O) groups excluding carboxylic acids is 1. The molecule has 0 saturated heterocycles. The normalized spacial score (nSPS) is 14.6. The Kier molecular flexibility index (Phi) is 18.3. The molecule has 1 amide bonds. The van der Waals surface area contributed by atoms with Gasteiger partial charge in [-0.1, -0.05) is 20.3 Å². The first kappa shape index (κ1) is 25.9. The number of nitrogens with zero attached hydrogens (tertiary/aromatic N) is 1. The summed E-state index contributed by atoms with van der Waals surface area (Å²) in [7, 11) is 4.06. The van der Waals surface area contributed by atoms with Crippen molar-refractivity contribution < 1.29 is 9.53 Å². The van der Waals surface area contributed by atoms with Crippen LogP contribution in [0.15, 0.2) is 0 Å². The molecule has 0 aromatic heterocycles. The van der Waals surface area contributed by atoms with E-state index in [4.69, 9.17) is 10.5 Å². The highest BCUT2D eigenvalue weighted by molar-refractivity contribution is 5.85. The molecule has 0 bridgehead atoms. The van der Waals surface area contributed by atoms with Crippen LogP contribution in [0.25, 0.3) is 0 Å². The highest BCUT2D eigenvalue weighted by atomic mass is 35.5. The molecule has 0 spiro atoms. The quantitative estimate of drug-likeness (QED) is 0.632. The van der Waals surface area contributed by atoms with Gasteiger partial charge in [0.2, 0.25) is 5.91 Å². The molecule has 0 aromatic rings. The Morgan fingerprint density at radius 2 is 1.86 bits per heavy atom. The van der Waals surface area contributed by atoms with Crippen molar-refractivity contribution in [1.82, 2.24) is 10.2 Å². The molecule has 0 rings (SSSR count). The van der Waals surface area contributed by atoms with Gasteiger partial charge in [-0.3, -0.25) is 4.79 Å². The SMILES string of the molecule is CCOC(CCN(C)C)CNC(=O)C(N)C(C)CC.Cl.Cl. The van der Waals surface area contributed by atoms with Crippen LogP contribution in [0.3, 0.4) is 0 Å². The van der Waals surface area contributed by atoms with Crippen LogP contribution in [-0.4, -0.2) is 56.7 Å². The predicted molar refractivity (Wildman–Crippen MR) is 93.5 cm³/mol. The van der Waals surface area contributed by atoms with E-state index in [9.17, 15) is 4.79 Å². The summed E-state index contributed by atoms with van der Waals surface area (Å²) in [4.78, 5) is 14.0. The van der Waals surface area contributed by atoms with E-state index in [0.717, 1.165) is 19.4 Å². The fourth-order valence-electron chi connectivity index (χ4n) is 1.73. The molecular weight excluding hydrogens is 313 g/mol. The Morgan fingerprint density at radius 3 is 2.29 bits per heavy atom.